The van der Waals surface area contributed by atoms with Gasteiger partial charge in [0.25, 0.3) is 5.91 Å². The molecule has 0 saturated carbocycles. The van der Waals surface area contributed by atoms with E-state index in [1.54, 1.807) is 0 Å². The molecule has 0 radical (unpaired) electrons. The maximum atomic E-state index is 12.7. The average Bonchev–Trinajstić information content (AvgIpc) is 2.74. The van der Waals surface area contributed by atoms with Gasteiger partial charge in [-0.05, 0) is 24.3 Å². The summed E-state index contributed by atoms with van der Waals surface area (Å²) >= 11 is 3.43. The van der Waals surface area contributed by atoms with Gasteiger partial charge in [-0.1, -0.05) is 22.0 Å². The number of ether oxygens (including phenoxy) is 1. The summed E-state index contributed by atoms with van der Waals surface area (Å²) in [7, 11) is 0. The van der Waals surface area contributed by atoms with E-state index < -0.39 is 0 Å². The molecule has 7 nitrogen and oxygen atoms in total. The molecule has 0 aliphatic carbocycles. The number of carbonyl (C=O) groups excluding carboxylic acids is 1. The fraction of sp³-hybridized carbons (Fsp3) is 0.421. The monoisotopic (exact) mass is 431 g/mol. The third-order valence-electron chi connectivity index (χ3n) is 4.88. The standard InChI is InChI=1S/C19H22BrN5O2/c20-16-3-1-2-15(14-16)18(26)24-8-6-23(7-9-24)17-4-5-21-19(22-17)25-10-12-27-13-11-25/h1-5,14H,6-13H2. The van der Waals surface area contributed by atoms with Crippen LogP contribution in [0.25, 0.3) is 0 Å². The smallest absolute Gasteiger partial charge is 0.254 e. The molecule has 3 heterocycles. The van der Waals surface area contributed by atoms with E-state index in [1.807, 2.05) is 41.4 Å². The maximum Gasteiger partial charge on any atom is 0.254 e. The molecule has 1 aromatic carbocycles. The SMILES string of the molecule is O=C(c1cccc(Br)c1)N1CCN(c2ccnc(N3CCOCC3)n2)CC1. The summed E-state index contributed by atoms with van der Waals surface area (Å²) < 4.78 is 6.32. The van der Waals surface area contributed by atoms with Crippen LogP contribution in [-0.2, 0) is 4.74 Å². The second-order valence-electron chi connectivity index (χ2n) is 6.60. The molecule has 2 saturated heterocycles. The summed E-state index contributed by atoms with van der Waals surface area (Å²) in [5.41, 5.74) is 0.717. The summed E-state index contributed by atoms with van der Waals surface area (Å²) in [4.78, 5) is 28.1. The van der Waals surface area contributed by atoms with Crippen LogP contribution >= 0.6 is 15.9 Å². The number of nitrogens with zero attached hydrogens (tertiary/aromatic N) is 5. The van der Waals surface area contributed by atoms with Crippen molar-refractivity contribution in [3.8, 4) is 0 Å². The number of hydrogen-bond acceptors (Lipinski definition) is 6. The van der Waals surface area contributed by atoms with E-state index in [0.29, 0.717) is 26.3 Å². The zero-order chi connectivity index (χ0) is 18.6. The number of benzene rings is 1. The van der Waals surface area contributed by atoms with E-state index in [1.165, 1.54) is 0 Å². The highest BCUT2D eigenvalue weighted by molar-refractivity contribution is 9.10. The minimum Gasteiger partial charge on any atom is -0.378 e. The molecule has 1 amide bonds. The number of carbonyl (C=O) groups is 1. The molecule has 0 atom stereocenters. The predicted molar refractivity (Wildman–Crippen MR) is 107 cm³/mol. The first-order valence-corrected chi connectivity index (χ1v) is 9.95. The Labute approximate surface area is 167 Å². The fourth-order valence-corrected chi connectivity index (χ4v) is 3.77. The van der Waals surface area contributed by atoms with Crippen LogP contribution in [0.15, 0.2) is 41.0 Å². The van der Waals surface area contributed by atoms with Crippen LogP contribution in [-0.4, -0.2) is 73.3 Å². The topological polar surface area (TPSA) is 61.8 Å². The summed E-state index contributed by atoms with van der Waals surface area (Å²) in [5.74, 6) is 1.75. The molecule has 4 rings (SSSR count). The van der Waals surface area contributed by atoms with E-state index in [0.717, 1.165) is 48.0 Å². The molecule has 0 spiro atoms. The van der Waals surface area contributed by atoms with Crippen LogP contribution < -0.4 is 9.80 Å². The molecule has 142 valence electrons. The molecular weight excluding hydrogens is 410 g/mol. The lowest BCUT2D eigenvalue weighted by Crippen LogP contribution is -2.49. The average molecular weight is 432 g/mol. The van der Waals surface area contributed by atoms with Gasteiger partial charge in [0.2, 0.25) is 5.95 Å². The van der Waals surface area contributed by atoms with Gasteiger partial charge in [-0.3, -0.25) is 4.79 Å². The number of rotatable bonds is 3. The fourth-order valence-electron chi connectivity index (χ4n) is 3.37. The predicted octanol–water partition coefficient (Wildman–Crippen LogP) is 2.04. The summed E-state index contributed by atoms with van der Waals surface area (Å²) in [6.45, 7) is 5.95. The Morgan fingerprint density at radius 2 is 1.78 bits per heavy atom. The Morgan fingerprint density at radius 1 is 1.00 bits per heavy atom. The molecule has 0 bridgehead atoms. The zero-order valence-electron chi connectivity index (χ0n) is 15.1. The van der Waals surface area contributed by atoms with Crippen LogP contribution in [0.5, 0.6) is 0 Å². The number of piperazine rings is 1. The number of amides is 1. The van der Waals surface area contributed by atoms with Crippen molar-refractivity contribution in [2.75, 3.05) is 62.3 Å². The van der Waals surface area contributed by atoms with Gasteiger partial charge < -0.3 is 19.4 Å². The number of hydrogen-bond donors (Lipinski definition) is 0. The van der Waals surface area contributed by atoms with Crippen LogP contribution in [0.2, 0.25) is 0 Å². The Hall–Kier alpha value is -2.19. The summed E-state index contributed by atoms with van der Waals surface area (Å²) in [6, 6.07) is 9.49. The number of morpholine rings is 1. The van der Waals surface area contributed by atoms with Crippen molar-refractivity contribution in [2.24, 2.45) is 0 Å². The van der Waals surface area contributed by atoms with Gasteiger partial charge in [-0.2, -0.15) is 4.98 Å². The van der Waals surface area contributed by atoms with Crippen LogP contribution in [0.3, 0.4) is 0 Å². The molecule has 2 fully saturated rings. The first-order chi connectivity index (χ1) is 13.2. The van der Waals surface area contributed by atoms with Gasteiger partial charge in [0.05, 0.1) is 13.2 Å². The van der Waals surface area contributed by atoms with Crippen LogP contribution in [0, 0.1) is 0 Å². The Kier molecular flexibility index (Phi) is 5.54. The quantitative estimate of drug-likeness (QED) is 0.740. The lowest BCUT2D eigenvalue weighted by molar-refractivity contribution is 0.0746. The first-order valence-electron chi connectivity index (χ1n) is 9.16. The van der Waals surface area contributed by atoms with Gasteiger partial charge in [0.15, 0.2) is 0 Å². The molecule has 8 heteroatoms. The second-order valence-corrected chi connectivity index (χ2v) is 7.52. The van der Waals surface area contributed by atoms with Crippen molar-refractivity contribution < 1.29 is 9.53 Å². The molecule has 2 aromatic rings. The normalized spacial score (nSPS) is 17.9. The van der Waals surface area contributed by atoms with Gasteiger partial charge >= 0.3 is 0 Å². The minimum atomic E-state index is 0.0765. The van der Waals surface area contributed by atoms with Crippen molar-refractivity contribution in [1.29, 1.82) is 0 Å². The second kappa shape index (κ2) is 8.22. The molecular formula is C19H22BrN5O2. The third kappa shape index (κ3) is 4.22. The van der Waals surface area contributed by atoms with E-state index >= 15 is 0 Å². The zero-order valence-corrected chi connectivity index (χ0v) is 16.6. The Morgan fingerprint density at radius 3 is 2.52 bits per heavy atom. The number of halogens is 1. The Bertz CT molecular complexity index is 804. The highest BCUT2D eigenvalue weighted by Crippen LogP contribution is 2.19. The molecule has 0 unspecified atom stereocenters. The van der Waals surface area contributed by atoms with Crippen molar-refractivity contribution in [2.45, 2.75) is 0 Å². The first kappa shape index (κ1) is 18.2. The third-order valence-corrected chi connectivity index (χ3v) is 5.38. The number of anilines is 2. The summed E-state index contributed by atoms with van der Waals surface area (Å²) in [5, 5.41) is 0. The Balaban J connectivity index is 1.40. The van der Waals surface area contributed by atoms with Gasteiger partial charge in [0, 0.05) is 55.5 Å². The van der Waals surface area contributed by atoms with E-state index in [-0.39, 0.29) is 5.91 Å². The molecule has 2 aliphatic heterocycles. The molecule has 1 aromatic heterocycles. The van der Waals surface area contributed by atoms with E-state index in [4.69, 9.17) is 9.72 Å². The van der Waals surface area contributed by atoms with Crippen LogP contribution in [0.1, 0.15) is 10.4 Å². The van der Waals surface area contributed by atoms with Gasteiger partial charge in [-0.15, -0.1) is 0 Å². The molecule has 2 aliphatic rings. The van der Waals surface area contributed by atoms with Gasteiger partial charge in [0.1, 0.15) is 5.82 Å². The van der Waals surface area contributed by atoms with Gasteiger partial charge in [-0.25, -0.2) is 4.98 Å². The van der Waals surface area contributed by atoms with E-state index in [2.05, 4.69) is 30.7 Å². The minimum absolute atomic E-state index is 0.0765. The highest BCUT2D eigenvalue weighted by Gasteiger charge is 2.24. The van der Waals surface area contributed by atoms with Crippen LogP contribution in [0.4, 0.5) is 11.8 Å². The summed E-state index contributed by atoms with van der Waals surface area (Å²) in [6.07, 6.45) is 1.81. The molecule has 27 heavy (non-hydrogen) atoms. The van der Waals surface area contributed by atoms with Crippen molar-refractivity contribution >= 4 is 33.6 Å². The van der Waals surface area contributed by atoms with E-state index in [9.17, 15) is 4.79 Å². The van der Waals surface area contributed by atoms with Crippen molar-refractivity contribution in [3.05, 3.63) is 46.6 Å². The maximum absolute atomic E-state index is 12.7. The lowest BCUT2D eigenvalue weighted by Gasteiger charge is -2.36. The van der Waals surface area contributed by atoms with Crippen molar-refractivity contribution in [1.82, 2.24) is 14.9 Å². The molecule has 0 N–H and O–H groups in total. The lowest BCUT2D eigenvalue weighted by atomic mass is 10.2. The van der Waals surface area contributed by atoms with Crippen molar-refractivity contribution in [3.63, 3.8) is 0 Å². The number of aromatic nitrogens is 2. The highest BCUT2D eigenvalue weighted by atomic mass is 79.9. The largest absolute Gasteiger partial charge is 0.378 e.